The molecule has 2 amide bonds. The summed E-state index contributed by atoms with van der Waals surface area (Å²) in [6.07, 6.45) is -0.160. The fourth-order valence-corrected chi connectivity index (χ4v) is 0.858. The van der Waals surface area contributed by atoms with Crippen molar-refractivity contribution in [3.63, 3.8) is 0 Å². The SMILES string of the molecule is O=C(O)CCNC(=O)Nc1ccc(=O)[nH]n1. The second kappa shape index (κ2) is 5.49. The molecule has 16 heavy (non-hydrogen) atoms. The van der Waals surface area contributed by atoms with Gasteiger partial charge in [0, 0.05) is 12.6 Å². The zero-order valence-corrected chi connectivity index (χ0v) is 8.19. The standard InChI is InChI=1S/C8H10N4O4/c13-6-2-1-5(11-12-6)10-8(16)9-4-3-7(14)15/h1-2H,3-4H2,(H,12,13)(H,14,15)(H2,9,10,11,16). The summed E-state index contributed by atoms with van der Waals surface area (Å²) in [6.45, 7) is 0.0184. The molecule has 0 aromatic carbocycles. The monoisotopic (exact) mass is 226 g/mol. The quantitative estimate of drug-likeness (QED) is 0.543. The van der Waals surface area contributed by atoms with Gasteiger partial charge in [0.25, 0.3) is 5.56 Å². The number of carboxylic acid groups (broad SMARTS) is 1. The molecule has 0 unspecified atom stereocenters. The molecule has 0 saturated carbocycles. The summed E-state index contributed by atoms with van der Waals surface area (Å²) >= 11 is 0. The molecule has 0 aliphatic rings. The molecular formula is C8H10N4O4. The van der Waals surface area contributed by atoms with E-state index >= 15 is 0 Å². The minimum Gasteiger partial charge on any atom is -0.481 e. The third kappa shape index (κ3) is 4.22. The van der Waals surface area contributed by atoms with E-state index in [1.165, 1.54) is 12.1 Å². The summed E-state index contributed by atoms with van der Waals surface area (Å²) in [5.74, 6) is -0.824. The lowest BCUT2D eigenvalue weighted by atomic mass is 10.4. The van der Waals surface area contributed by atoms with Crippen LogP contribution in [-0.4, -0.2) is 33.8 Å². The van der Waals surface area contributed by atoms with Crippen LogP contribution >= 0.6 is 0 Å². The van der Waals surface area contributed by atoms with Gasteiger partial charge in [0.15, 0.2) is 5.82 Å². The van der Waals surface area contributed by atoms with Crippen molar-refractivity contribution in [2.75, 3.05) is 11.9 Å². The molecule has 0 radical (unpaired) electrons. The third-order valence-corrected chi connectivity index (χ3v) is 1.55. The van der Waals surface area contributed by atoms with Crippen LogP contribution in [0.1, 0.15) is 6.42 Å². The number of nitrogens with zero attached hydrogens (tertiary/aromatic N) is 1. The number of aromatic amines is 1. The van der Waals surface area contributed by atoms with Gasteiger partial charge in [0.05, 0.1) is 6.42 Å². The molecule has 1 rings (SSSR count). The average molecular weight is 226 g/mol. The van der Waals surface area contributed by atoms with E-state index in [0.717, 1.165) is 0 Å². The Hall–Kier alpha value is -2.38. The van der Waals surface area contributed by atoms with Crippen LogP contribution in [0.25, 0.3) is 0 Å². The summed E-state index contributed by atoms with van der Waals surface area (Å²) in [7, 11) is 0. The second-order valence-corrected chi connectivity index (χ2v) is 2.83. The lowest BCUT2D eigenvalue weighted by molar-refractivity contribution is -0.136. The number of aromatic nitrogens is 2. The molecule has 1 aromatic heterocycles. The average Bonchev–Trinajstić information content (AvgIpc) is 2.21. The molecule has 8 nitrogen and oxygen atoms in total. The third-order valence-electron chi connectivity index (χ3n) is 1.55. The van der Waals surface area contributed by atoms with E-state index in [1.807, 2.05) is 0 Å². The van der Waals surface area contributed by atoms with Crippen molar-refractivity contribution in [3.8, 4) is 0 Å². The van der Waals surface area contributed by atoms with Gasteiger partial charge in [-0.2, -0.15) is 5.10 Å². The van der Waals surface area contributed by atoms with Crippen molar-refractivity contribution >= 4 is 17.8 Å². The lowest BCUT2D eigenvalue weighted by Crippen LogP contribution is -2.31. The number of urea groups is 1. The van der Waals surface area contributed by atoms with E-state index in [4.69, 9.17) is 5.11 Å². The molecule has 0 aliphatic heterocycles. The normalized spacial score (nSPS) is 9.50. The van der Waals surface area contributed by atoms with Gasteiger partial charge in [0.1, 0.15) is 0 Å². The number of H-pyrrole nitrogens is 1. The summed E-state index contributed by atoms with van der Waals surface area (Å²) < 4.78 is 0. The van der Waals surface area contributed by atoms with Crippen LogP contribution in [0, 0.1) is 0 Å². The van der Waals surface area contributed by atoms with E-state index in [-0.39, 0.29) is 24.3 Å². The Kier molecular flexibility index (Phi) is 4.01. The molecule has 0 saturated heterocycles. The maximum atomic E-state index is 11.1. The first-order valence-electron chi connectivity index (χ1n) is 4.40. The Morgan fingerprint density at radius 3 is 2.75 bits per heavy atom. The van der Waals surface area contributed by atoms with E-state index in [0.29, 0.717) is 0 Å². The summed E-state index contributed by atoms with van der Waals surface area (Å²) in [4.78, 5) is 31.9. The number of nitrogens with one attached hydrogen (secondary N) is 3. The van der Waals surface area contributed by atoms with Gasteiger partial charge in [-0.25, -0.2) is 9.89 Å². The zero-order chi connectivity index (χ0) is 12.0. The van der Waals surface area contributed by atoms with E-state index in [1.54, 1.807) is 0 Å². The molecule has 0 atom stereocenters. The predicted molar refractivity (Wildman–Crippen MR) is 54.1 cm³/mol. The molecule has 0 bridgehead atoms. The topological polar surface area (TPSA) is 124 Å². The molecule has 0 spiro atoms. The maximum absolute atomic E-state index is 11.1. The number of anilines is 1. The van der Waals surface area contributed by atoms with Crippen molar-refractivity contribution in [2.24, 2.45) is 0 Å². The van der Waals surface area contributed by atoms with Crippen LogP contribution in [0.4, 0.5) is 10.6 Å². The van der Waals surface area contributed by atoms with Crippen molar-refractivity contribution in [3.05, 3.63) is 22.5 Å². The minimum absolute atomic E-state index is 0.0184. The van der Waals surface area contributed by atoms with Crippen LogP contribution in [-0.2, 0) is 4.79 Å². The highest BCUT2D eigenvalue weighted by molar-refractivity contribution is 5.88. The molecule has 1 heterocycles. The van der Waals surface area contributed by atoms with Gasteiger partial charge in [0.2, 0.25) is 0 Å². The first-order valence-corrected chi connectivity index (χ1v) is 4.40. The molecule has 86 valence electrons. The molecule has 0 aliphatic carbocycles. The van der Waals surface area contributed by atoms with Crippen molar-refractivity contribution in [1.29, 1.82) is 0 Å². The highest BCUT2D eigenvalue weighted by Gasteiger charge is 2.03. The van der Waals surface area contributed by atoms with Gasteiger partial charge < -0.3 is 10.4 Å². The largest absolute Gasteiger partial charge is 0.481 e. The van der Waals surface area contributed by atoms with E-state index in [9.17, 15) is 14.4 Å². The van der Waals surface area contributed by atoms with Gasteiger partial charge in [-0.15, -0.1) is 0 Å². The van der Waals surface area contributed by atoms with Gasteiger partial charge in [-0.05, 0) is 6.07 Å². The fraction of sp³-hybridized carbons (Fsp3) is 0.250. The highest BCUT2D eigenvalue weighted by Crippen LogP contribution is 1.94. The Labute approximate surface area is 89.7 Å². The fourth-order valence-electron chi connectivity index (χ4n) is 0.858. The van der Waals surface area contributed by atoms with Gasteiger partial charge in [-0.3, -0.25) is 14.9 Å². The summed E-state index contributed by atoms with van der Waals surface area (Å²) in [5.41, 5.74) is -0.378. The lowest BCUT2D eigenvalue weighted by Gasteiger charge is -2.04. The number of rotatable bonds is 4. The van der Waals surface area contributed by atoms with E-state index in [2.05, 4.69) is 20.8 Å². The number of aliphatic carboxylic acids is 1. The number of hydrogen-bond donors (Lipinski definition) is 4. The van der Waals surface area contributed by atoms with Crippen molar-refractivity contribution in [2.45, 2.75) is 6.42 Å². The van der Waals surface area contributed by atoms with Crippen molar-refractivity contribution < 1.29 is 14.7 Å². The number of hydrogen-bond acceptors (Lipinski definition) is 4. The molecule has 1 aromatic rings. The van der Waals surface area contributed by atoms with E-state index < -0.39 is 12.0 Å². The Balaban J connectivity index is 2.37. The Morgan fingerprint density at radius 2 is 2.19 bits per heavy atom. The number of carbonyl (C=O) groups is 2. The van der Waals surface area contributed by atoms with Crippen LogP contribution in [0.3, 0.4) is 0 Å². The van der Waals surface area contributed by atoms with Gasteiger partial charge >= 0.3 is 12.0 Å². The molecule has 0 fully saturated rings. The minimum atomic E-state index is -0.998. The predicted octanol–water partition coefficient (Wildman–Crippen LogP) is -0.634. The smallest absolute Gasteiger partial charge is 0.320 e. The Bertz CT molecular complexity index is 421. The Morgan fingerprint density at radius 1 is 1.44 bits per heavy atom. The first-order chi connectivity index (χ1) is 7.58. The highest BCUT2D eigenvalue weighted by atomic mass is 16.4. The van der Waals surface area contributed by atoms with Crippen LogP contribution in [0.15, 0.2) is 16.9 Å². The van der Waals surface area contributed by atoms with Crippen LogP contribution in [0.5, 0.6) is 0 Å². The number of amides is 2. The van der Waals surface area contributed by atoms with Crippen LogP contribution < -0.4 is 16.2 Å². The molecule has 4 N–H and O–H groups in total. The second-order valence-electron chi connectivity index (χ2n) is 2.83. The van der Waals surface area contributed by atoms with Crippen molar-refractivity contribution in [1.82, 2.24) is 15.5 Å². The van der Waals surface area contributed by atoms with Crippen LogP contribution in [0.2, 0.25) is 0 Å². The summed E-state index contributed by atoms with van der Waals surface area (Å²) in [5, 5.41) is 18.6. The number of carbonyl (C=O) groups excluding carboxylic acids is 1. The number of carboxylic acids is 1. The summed E-state index contributed by atoms with van der Waals surface area (Å²) in [6, 6.07) is 1.95. The molecular weight excluding hydrogens is 216 g/mol. The zero-order valence-electron chi connectivity index (χ0n) is 8.19. The first kappa shape index (κ1) is 11.7. The van der Waals surface area contributed by atoms with Gasteiger partial charge in [-0.1, -0.05) is 0 Å². The molecule has 8 heteroatoms. The maximum Gasteiger partial charge on any atom is 0.320 e.